The van der Waals surface area contributed by atoms with E-state index < -0.39 is 57.5 Å². The SMILES string of the molecule is C#CCCC1=NC(CC=C)(CC=C)C(=O)O1.C=CCC1(CC=C)N=C(c2c(F)c(F)c(N=[N+]=[N-])c(F)c2F)OC1=O. The van der Waals surface area contributed by atoms with Gasteiger partial charge in [-0.1, -0.05) is 29.4 Å². The van der Waals surface area contributed by atoms with Crippen molar-refractivity contribution >= 4 is 29.4 Å². The maximum Gasteiger partial charge on any atom is 0.341 e. The first kappa shape index (κ1) is 32.3. The minimum atomic E-state index is -1.93. The summed E-state index contributed by atoms with van der Waals surface area (Å²) in [6.45, 7) is 14.2. The monoisotopic (exact) mass is 571 g/mol. The molecule has 0 radical (unpaired) electrons. The van der Waals surface area contributed by atoms with Gasteiger partial charge in [-0.3, -0.25) is 0 Å². The molecule has 0 aliphatic carbocycles. The molecule has 2 aliphatic rings. The minimum absolute atomic E-state index is 0.0492. The number of carbonyl (C=O) groups excluding carboxylic acids is 2. The highest BCUT2D eigenvalue weighted by molar-refractivity contribution is 6.08. The molecule has 9 nitrogen and oxygen atoms in total. The molecule has 0 bridgehead atoms. The van der Waals surface area contributed by atoms with Crippen molar-refractivity contribution in [3.8, 4) is 12.3 Å². The van der Waals surface area contributed by atoms with Gasteiger partial charge >= 0.3 is 11.9 Å². The van der Waals surface area contributed by atoms with Crippen molar-refractivity contribution in [1.29, 1.82) is 0 Å². The maximum absolute atomic E-state index is 14.2. The number of cyclic esters (lactones) is 2. The molecule has 41 heavy (non-hydrogen) atoms. The lowest BCUT2D eigenvalue weighted by Crippen LogP contribution is -2.32. The summed E-state index contributed by atoms with van der Waals surface area (Å²) in [5.41, 5.74) is 3.00. The molecule has 0 aromatic heterocycles. The lowest BCUT2D eigenvalue weighted by Gasteiger charge is -2.17. The normalized spacial score (nSPS) is 16.0. The Morgan fingerprint density at radius 1 is 0.854 bits per heavy atom. The van der Waals surface area contributed by atoms with Crippen molar-refractivity contribution in [3.63, 3.8) is 0 Å². The molecule has 0 atom stereocenters. The van der Waals surface area contributed by atoms with Crippen LogP contribution in [0.2, 0.25) is 0 Å². The van der Waals surface area contributed by atoms with Crippen LogP contribution in [0.1, 0.15) is 44.1 Å². The average molecular weight is 572 g/mol. The quantitative estimate of drug-likeness (QED) is 0.0408. The maximum atomic E-state index is 14.2. The number of esters is 2. The molecule has 0 amide bonds. The lowest BCUT2D eigenvalue weighted by molar-refractivity contribution is -0.139. The van der Waals surface area contributed by atoms with Crippen LogP contribution in [0.5, 0.6) is 0 Å². The van der Waals surface area contributed by atoms with Crippen LogP contribution in [0, 0.1) is 35.6 Å². The summed E-state index contributed by atoms with van der Waals surface area (Å²) >= 11 is 0. The zero-order chi connectivity index (χ0) is 30.8. The zero-order valence-corrected chi connectivity index (χ0v) is 21.8. The number of hydrogen-bond acceptors (Lipinski definition) is 7. The second kappa shape index (κ2) is 13.9. The average Bonchev–Trinajstić information content (AvgIpc) is 3.41. The van der Waals surface area contributed by atoms with Crippen molar-refractivity contribution in [2.45, 2.75) is 49.6 Å². The van der Waals surface area contributed by atoms with Gasteiger partial charge in [0.05, 0.1) is 0 Å². The van der Waals surface area contributed by atoms with Gasteiger partial charge in [-0.25, -0.2) is 37.1 Å². The Morgan fingerprint density at radius 3 is 1.76 bits per heavy atom. The van der Waals surface area contributed by atoms with E-state index in [0.29, 0.717) is 31.6 Å². The molecule has 1 aromatic rings. The number of rotatable bonds is 12. The summed E-state index contributed by atoms with van der Waals surface area (Å²) in [5, 5.41) is 2.57. The molecule has 13 heteroatoms. The van der Waals surface area contributed by atoms with Crippen LogP contribution in [-0.2, 0) is 19.1 Å². The summed E-state index contributed by atoms with van der Waals surface area (Å²) in [4.78, 5) is 34.1. The third kappa shape index (κ3) is 6.62. The molecule has 0 N–H and O–H groups in total. The second-order valence-electron chi connectivity index (χ2n) is 8.61. The van der Waals surface area contributed by atoms with Gasteiger partial charge < -0.3 is 9.47 Å². The Kier molecular flexibility index (Phi) is 10.9. The van der Waals surface area contributed by atoms with Gasteiger partial charge in [0.2, 0.25) is 5.90 Å². The molecule has 0 saturated heterocycles. The molecule has 1 aromatic carbocycles. The number of benzene rings is 1. The van der Waals surface area contributed by atoms with Crippen molar-refractivity contribution in [2.75, 3.05) is 0 Å². The first-order valence-electron chi connectivity index (χ1n) is 11.9. The Morgan fingerprint density at radius 2 is 1.32 bits per heavy atom. The fourth-order valence-electron chi connectivity index (χ4n) is 3.93. The van der Waals surface area contributed by atoms with E-state index in [-0.39, 0.29) is 18.8 Å². The van der Waals surface area contributed by atoms with Crippen LogP contribution in [0.4, 0.5) is 23.2 Å². The van der Waals surface area contributed by atoms with Crippen molar-refractivity contribution in [2.24, 2.45) is 15.1 Å². The predicted molar refractivity (Wildman–Crippen MR) is 144 cm³/mol. The van der Waals surface area contributed by atoms with Gasteiger partial charge in [-0.05, 0) is 5.53 Å². The zero-order valence-electron chi connectivity index (χ0n) is 21.8. The minimum Gasteiger partial charge on any atom is -0.410 e. The molecule has 2 aliphatic heterocycles. The van der Waals surface area contributed by atoms with E-state index in [1.165, 1.54) is 12.2 Å². The number of carbonyl (C=O) groups is 2. The van der Waals surface area contributed by atoms with E-state index >= 15 is 0 Å². The summed E-state index contributed by atoms with van der Waals surface area (Å²) in [7, 11) is 0. The van der Waals surface area contributed by atoms with Gasteiger partial charge in [0.1, 0.15) is 11.3 Å². The Labute approximate surface area is 233 Å². The van der Waals surface area contributed by atoms with Gasteiger partial charge in [0, 0.05) is 43.4 Å². The third-order valence-corrected chi connectivity index (χ3v) is 5.82. The molecule has 0 saturated carbocycles. The van der Waals surface area contributed by atoms with E-state index in [1.807, 2.05) is 0 Å². The van der Waals surface area contributed by atoms with Gasteiger partial charge in [-0.15, -0.1) is 38.7 Å². The fraction of sp³-hybridized carbons (Fsp3) is 0.286. The van der Waals surface area contributed by atoms with Crippen LogP contribution in [0.25, 0.3) is 10.4 Å². The van der Waals surface area contributed by atoms with Gasteiger partial charge in [-0.2, -0.15) is 0 Å². The largest absolute Gasteiger partial charge is 0.410 e. The van der Waals surface area contributed by atoms with Crippen molar-refractivity contribution < 1.29 is 36.6 Å². The second-order valence-corrected chi connectivity index (χ2v) is 8.61. The number of azide groups is 1. The highest BCUT2D eigenvalue weighted by Gasteiger charge is 2.46. The summed E-state index contributed by atoms with van der Waals surface area (Å²) < 4.78 is 65.9. The number of nitrogens with zero attached hydrogens (tertiary/aromatic N) is 5. The van der Waals surface area contributed by atoms with Crippen LogP contribution < -0.4 is 0 Å². The molecular weight excluding hydrogens is 546 g/mol. The number of halogens is 4. The first-order valence-corrected chi connectivity index (χ1v) is 11.9. The lowest BCUT2D eigenvalue weighted by atomic mass is 9.92. The molecule has 214 valence electrons. The molecule has 0 spiro atoms. The van der Waals surface area contributed by atoms with Crippen LogP contribution in [0.15, 0.2) is 65.7 Å². The Balaban J connectivity index is 0.000000317. The highest BCUT2D eigenvalue weighted by atomic mass is 19.2. The Bertz CT molecular complexity index is 1390. The van der Waals surface area contributed by atoms with Crippen LogP contribution in [-0.4, -0.2) is 34.8 Å². The predicted octanol–water partition coefficient (Wildman–Crippen LogP) is 6.63. The molecule has 0 unspecified atom stereocenters. The summed E-state index contributed by atoms with van der Waals surface area (Å²) in [6, 6.07) is 0. The first-order chi connectivity index (χ1) is 19.5. The number of terminal acetylenes is 1. The smallest absolute Gasteiger partial charge is 0.341 e. The topological polar surface area (TPSA) is 126 Å². The fourth-order valence-corrected chi connectivity index (χ4v) is 3.93. The third-order valence-electron chi connectivity index (χ3n) is 5.82. The number of ether oxygens (including phenoxy) is 2. The van der Waals surface area contributed by atoms with Crippen molar-refractivity contribution in [3.05, 3.63) is 89.9 Å². The highest BCUT2D eigenvalue weighted by Crippen LogP contribution is 2.36. The Hall–Kier alpha value is -4.95. The van der Waals surface area contributed by atoms with E-state index in [9.17, 15) is 27.2 Å². The molecule has 0 fully saturated rings. The van der Waals surface area contributed by atoms with E-state index in [1.54, 1.807) is 12.2 Å². The molecule has 3 rings (SSSR count). The van der Waals surface area contributed by atoms with Crippen molar-refractivity contribution in [1.82, 2.24) is 0 Å². The van der Waals surface area contributed by atoms with E-state index in [0.717, 1.165) is 0 Å². The number of hydrogen-bond donors (Lipinski definition) is 0. The van der Waals surface area contributed by atoms with Crippen LogP contribution >= 0.6 is 0 Å². The van der Waals surface area contributed by atoms with E-state index in [2.05, 4.69) is 52.2 Å². The van der Waals surface area contributed by atoms with E-state index in [4.69, 9.17) is 21.4 Å². The molecular formula is C28H25F4N5O4. The van der Waals surface area contributed by atoms with Gasteiger partial charge in [0.25, 0.3) is 0 Å². The summed E-state index contributed by atoms with van der Waals surface area (Å²) in [5.74, 6) is -6.99. The standard InChI is InChI=1S/C15H10F4N4O2.C13H15NO2/c1-3-5-15(6-4-2)14(24)25-13(21-15)7-8(16)10(18)12(22-23-20)11(19)9(7)17;1-4-7-8-11-14-13(9-5-2,10-6-3)12(15)16-11/h3-4H,1-2,5-6H2;1,5-6H,2-3,7-10H2. The summed E-state index contributed by atoms with van der Waals surface area (Å²) in [6.07, 6.45) is 13.0. The molecule has 2 heterocycles. The van der Waals surface area contributed by atoms with Crippen LogP contribution in [0.3, 0.4) is 0 Å². The number of aliphatic imine (C=N–C) groups is 2. The van der Waals surface area contributed by atoms with Gasteiger partial charge in [0.15, 0.2) is 40.2 Å².